The predicted molar refractivity (Wildman–Crippen MR) is 450 cm³/mol. The summed E-state index contributed by atoms with van der Waals surface area (Å²) in [5, 5.41) is 91.4. The Kier molecular flexibility index (Phi) is 23.0. The number of aliphatic hydroxyl groups is 6. The van der Waals surface area contributed by atoms with E-state index in [1.54, 1.807) is 31.5 Å². The fourth-order valence-electron chi connectivity index (χ4n) is 17.0. The van der Waals surface area contributed by atoms with Gasteiger partial charge in [-0.05, 0) is 146 Å². The van der Waals surface area contributed by atoms with Crippen molar-refractivity contribution in [2.24, 2.45) is 29.1 Å². The molecule has 0 radical (unpaired) electrons. The normalized spacial score (nSPS) is 25.5. The molecule has 14 atom stereocenters. The fraction of sp³-hybridized carbons (Fsp3) is 0.488. The third-order valence-corrected chi connectivity index (χ3v) is 30.4. The number of rotatable bonds is 30. The van der Waals surface area contributed by atoms with Crippen LogP contribution in [-0.2, 0) is 29.1 Å². The zero-order valence-corrected chi connectivity index (χ0v) is 71.9. The van der Waals surface area contributed by atoms with Crippen LogP contribution in [0.4, 0.5) is 66.0 Å². The molecule has 0 aliphatic heterocycles. The molecule has 6 aliphatic carbocycles. The molecular formula is C82H89F7N18O12S5. The Labute approximate surface area is 718 Å². The van der Waals surface area contributed by atoms with Crippen molar-refractivity contribution in [3.63, 3.8) is 0 Å². The smallest absolute Gasteiger partial charge is 0.394 e. The predicted octanol–water partition coefficient (Wildman–Crippen LogP) is 12.2. The van der Waals surface area contributed by atoms with E-state index in [1.807, 2.05) is 40.7 Å². The number of hydrogen-bond donors (Lipinski definition) is 12. The number of pyridine rings is 3. The van der Waals surface area contributed by atoms with Crippen molar-refractivity contribution in [3.05, 3.63) is 131 Å². The molecule has 658 valence electrons. The highest BCUT2D eigenvalue weighted by Gasteiger charge is 2.59. The Morgan fingerprint density at radius 2 is 0.984 bits per heavy atom. The number of nitrogens with one attached hydrogen (secondary N) is 6. The summed E-state index contributed by atoms with van der Waals surface area (Å²) in [6.07, 6.45) is -5.36. The minimum atomic E-state index is -4.78. The molecular weight excluding hydrogens is 1720 g/mol. The van der Waals surface area contributed by atoms with Gasteiger partial charge in [-0.25, -0.2) is 64.3 Å². The molecule has 17 rings (SSSR count). The topological polar surface area (TPSA) is 435 Å². The number of benzene rings is 2. The highest BCUT2D eigenvalue weighted by Crippen LogP contribution is 2.55. The summed E-state index contributed by atoms with van der Waals surface area (Å²) >= 11 is 3.73. The summed E-state index contributed by atoms with van der Waals surface area (Å²) in [4.78, 5) is 56.6. The minimum absolute atomic E-state index is 0.0164. The quantitative estimate of drug-likeness (QED) is 0.0147. The lowest BCUT2D eigenvalue weighted by molar-refractivity contribution is -0.121. The summed E-state index contributed by atoms with van der Waals surface area (Å²) in [5.74, 6) is -10.1. The van der Waals surface area contributed by atoms with E-state index < -0.39 is 173 Å². The Balaban J connectivity index is 0.685. The maximum absolute atomic E-state index is 15.0. The zero-order valence-electron chi connectivity index (χ0n) is 67.9. The van der Waals surface area contributed by atoms with Crippen LogP contribution >= 0.6 is 34.0 Å². The second kappa shape index (κ2) is 32.8. The van der Waals surface area contributed by atoms with Gasteiger partial charge in [-0.2, -0.15) is 28.1 Å². The van der Waals surface area contributed by atoms with Crippen LogP contribution < -0.4 is 31.9 Å². The molecule has 9 aromatic heterocycles. The number of nitrogens with zero attached hydrogens (tertiary/aromatic N) is 12. The van der Waals surface area contributed by atoms with Gasteiger partial charge in [0.25, 0.3) is 0 Å². The first kappa shape index (κ1) is 86.8. The summed E-state index contributed by atoms with van der Waals surface area (Å²) in [6.45, 7) is 11.6. The average molecular weight is 1810 g/mol. The molecule has 6 aliphatic rings. The van der Waals surface area contributed by atoms with Gasteiger partial charge in [0.1, 0.15) is 97.2 Å². The number of halogens is 7. The van der Waals surface area contributed by atoms with E-state index in [-0.39, 0.29) is 94.8 Å². The van der Waals surface area contributed by atoms with Gasteiger partial charge in [0.15, 0.2) is 36.8 Å². The first-order valence-electron chi connectivity index (χ1n) is 40.5. The third kappa shape index (κ3) is 17.8. The van der Waals surface area contributed by atoms with Crippen molar-refractivity contribution in [2.45, 2.75) is 194 Å². The summed E-state index contributed by atoms with van der Waals surface area (Å²) < 4.78 is 173. The molecule has 124 heavy (non-hydrogen) atoms. The molecule has 11 aromatic rings. The van der Waals surface area contributed by atoms with Gasteiger partial charge in [0.2, 0.25) is 17.8 Å². The molecule has 0 saturated heterocycles. The number of aryl methyl sites for hydroxylation is 4. The third-order valence-electron chi connectivity index (χ3n) is 23.7. The van der Waals surface area contributed by atoms with E-state index in [0.717, 1.165) is 28.9 Å². The number of ether oxygens (including phenoxy) is 2. The number of alkyl halides is 3. The SMILES string of the molecule is Cc1nc(NCC2CC2)nc(NC2(OC3CC3c3nccc4sc(-c5c(C)nc(NCC(F)(F)F)nc5NC5(O)CCC(CS(=O)(=O)c6cc(F)cc(F)c6)C5OC5CC5c5nccc6sc(-c7c(C)nc(NCC(C)(C)C)nc7NC7(O)CCC(CS(=O)(=O)c8cc(F)cc(F)c8)C7O)nc56)nc34)CCC(C(O)CO)C2O)c1-c1nc2c(C)nccc2s1. The molecule has 42 heteroatoms. The average Bonchev–Trinajstić information content (AvgIpc) is 1.58. The largest absolute Gasteiger partial charge is 0.405 e. The van der Waals surface area contributed by atoms with Crippen LogP contribution in [0, 0.1) is 80.1 Å². The summed E-state index contributed by atoms with van der Waals surface area (Å²) in [5.41, 5.74) is -1.71. The van der Waals surface area contributed by atoms with Crippen LogP contribution in [0.3, 0.4) is 0 Å². The standard InChI is InChI=1S/C82H89F7N18O12S5/c1-36-58(69(102-76(97-36)94-34-78(5,6)7)105-79(112)16-10-41(66(79)110)32-123(114,115)47-24-43(83)22-44(84)25-47)73-100-64-56(121-73)14-20-91-62(64)50-28-53(50)118-68-42(33-124(116,117)48-26-45(85)23-46(86)27-48)11-17-80(68,113)106-70-59(37(2)98-77(103-70)95-35-82(87,88)89)74-101-65-57(122-74)15-21-92-63(65)51-29-54(51)119-81(18-12-49(67(81)111)52(109)31-108)107-71-60(38(3)96-75(104-71)93-30-40-8-9-40)72-99-61-39(4)90-19-13-55(61)120-72/h13-15,19-27,40-42,49-54,66-68,108-113H,8-12,16-18,28-35H2,1-7H3,(H2,93,96,104,107)(H2,94,97,102,105)(H2,95,98,103,106). The van der Waals surface area contributed by atoms with Gasteiger partial charge in [-0.3, -0.25) is 15.0 Å². The van der Waals surface area contributed by atoms with Gasteiger partial charge in [0.05, 0.1) is 111 Å². The van der Waals surface area contributed by atoms with E-state index >= 15 is 0 Å². The van der Waals surface area contributed by atoms with E-state index in [4.69, 9.17) is 54.3 Å². The molecule has 14 unspecified atom stereocenters. The van der Waals surface area contributed by atoms with Gasteiger partial charge >= 0.3 is 6.18 Å². The van der Waals surface area contributed by atoms with Crippen LogP contribution in [0.25, 0.3) is 62.4 Å². The first-order chi connectivity index (χ1) is 58.7. The minimum Gasteiger partial charge on any atom is -0.394 e. The van der Waals surface area contributed by atoms with E-state index in [9.17, 15) is 78.2 Å². The van der Waals surface area contributed by atoms with Gasteiger partial charge in [-0.1, -0.05) is 20.8 Å². The lowest BCUT2D eigenvalue weighted by Crippen LogP contribution is -2.52. The molecule has 6 saturated carbocycles. The molecule has 6 fully saturated rings. The van der Waals surface area contributed by atoms with Crippen LogP contribution in [0.5, 0.6) is 0 Å². The maximum Gasteiger partial charge on any atom is 0.405 e. The van der Waals surface area contributed by atoms with E-state index in [2.05, 4.69) is 46.9 Å². The van der Waals surface area contributed by atoms with Gasteiger partial charge in [-0.15, -0.1) is 34.0 Å². The second-order valence-electron chi connectivity index (χ2n) is 34.4. The molecule has 2 aromatic carbocycles. The summed E-state index contributed by atoms with van der Waals surface area (Å²) in [7, 11) is -9.05. The van der Waals surface area contributed by atoms with E-state index in [1.165, 1.54) is 35.8 Å². The number of aliphatic hydroxyl groups excluding tert-OH is 4. The first-order valence-corrected chi connectivity index (χ1v) is 46.3. The second-order valence-corrected chi connectivity index (χ2v) is 41.6. The maximum atomic E-state index is 15.0. The number of sulfone groups is 2. The zero-order chi connectivity index (χ0) is 87.8. The van der Waals surface area contributed by atoms with Crippen LogP contribution in [0.1, 0.15) is 131 Å². The summed E-state index contributed by atoms with van der Waals surface area (Å²) in [6, 6.07) is 8.99. The van der Waals surface area contributed by atoms with Crippen molar-refractivity contribution in [3.8, 4) is 31.7 Å². The Morgan fingerprint density at radius 3 is 1.49 bits per heavy atom. The van der Waals surface area contributed by atoms with Crippen molar-refractivity contribution in [1.82, 2.24) is 59.8 Å². The number of thiazole rings is 3. The molecule has 12 N–H and O–H groups in total. The van der Waals surface area contributed by atoms with Gasteiger partial charge < -0.3 is 72.0 Å². The van der Waals surface area contributed by atoms with Gasteiger partial charge in [0, 0.05) is 73.4 Å². The lowest BCUT2D eigenvalue weighted by Gasteiger charge is -2.37. The van der Waals surface area contributed by atoms with Crippen molar-refractivity contribution in [2.75, 3.05) is 69.6 Å². The number of aromatic nitrogens is 12. The monoisotopic (exact) mass is 1810 g/mol. The van der Waals surface area contributed by atoms with Crippen LogP contribution in [-0.4, -0.2) is 205 Å². The van der Waals surface area contributed by atoms with E-state index in [0.29, 0.717) is 139 Å². The number of hydrogen-bond acceptors (Lipinski definition) is 33. The fourth-order valence-corrected chi connectivity index (χ4v) is 23.6. The van der Waals surface area contributed by atoms with Crippen molar-refractivity contribution >= 4 is 120 Å². The molecule has 9 heterocycles. The number of fused-ring (bicyclic) bond motifs is 3. The Bertz CT molecular complexity index is 6190. The molecule has 0 amide bonds. The highest BCUT2D eigenvalue weighted by molar-refractivity contribution is 7.91. The molecule has 30 nitrogen and oxygen atoms in total. The highest BCUT2D eigenvalue weighted by atomic mass is 32.2. The number of anilines is 6. The molecule has 0 bridgehead atoms. The van der Waals surface area contributed by atoms with Crippen molar-refractivity contribution in [1.29, 1.82) is 0 Å². The molecule has 0 spiro atoms. The Morgan fingerprint density at radius 1 is 0.532 bits per heavy atom. The van der Waals surface area contributed by atoms with Crippen LogP contribution in [0.15, 0.2) is 83.0 Å². The van der Waals surface area contributed by atoms with Crippen LogP contribution in [0.2, 0.25) is 0 Å². The van der Waals surface area contributed by atoms with Crippen molar-refractivity contribution < 1.29 is 87.7 Å². The lowest BCUT2D eigenvalue weighted by atomic mass is 9.97. The Hall–Kier alpha value is -9.31.